The summed E-state index contributed by atoms with van der Waals surface area (Å²) in [5, 5.41) is 0. The highest BCUT2D eigenvalue weighted by Crippen LogP contribution is 2.59. The molecule has 0 fully saturated rings. The number of fused-ring (bicyclic) bond motifs is 2. The molecule has 0 aromatic heterocycles. The summed E-state index contributed by atoms with van der Waals surface area (Å²) in [4.78, 5) is 4.41. The maximum absolute atomic E-state index is 6.33. The Labute approximate surface area is 285 Å². The average molecular weight is 632 g/mol. The number of rotatable bonds is 7. The lowest BCUT2D eigenvalue weighted by Gasteiger charge is -2.38. The van der Waals surface area contributed by atoms with Gasteiger partial charge in [0, 0.05) is 6.92 Å². The lowest BCUT2D eigenvalue weighted by Crippen LogP contribution is -2.31. The highest BCUT2D eigenvalue weighted by Gasteiger charge is 2.48. The fourth-order valence-corrected chi connectivity index (χ4v) is 8.75. The van der Waals surface area contributed by atoms with E-state index in [-0.39, 0.29) is 11.6 Å². The number of nitrogens with zero attached hydrogens (tertiary/aromatic N) is 2. The molecule has 3 aromatic rings. The van der Waals surface area contributed by atoms with Gasteiger partial charge < -0.3 is 5.73 Å². The maximum atomic E-state index is 6.33. The lowest BCUT2D eigenvalue weighted by molar-refractivity contribution is 0.384. The standard InChI is InChI=1S/C44H46N4/c1-4-47-42(45)31-18-16-30(17-19-31)32-21-24-40-38(27-32)39-28-33(37-23-20-34(26-29(37)3)43(46)48-5-2)22-25-41(39)44(40,35-12-8-6-9-13-35)36-14-10-7-11-15-36/h4-16,18,20-21,24,27-29,37,42,46H,17,19,22-23,25-26,45H2,1-3H3/p+1. The Morgan fingerprint density at radius 3 is 2.27 bits per heavy atom. The third-order valence-corrected chi connectivity index (χ3v) is 11.1. The highest BCUT2D eigenvalue weighted by molar-refractivity contribution is 5.97. The van der Waals surface area contributed by atoms with E-state index in [2.05, 4.69) is 120 Å². The molecule has 48 heavy (non-hydrogen) atoms. The predicted octanol–water partition coefficient (Wildman–Crippen LogP) is 8.48. The molecule has 0 radical (unpaired) electrons. The summed E-state index contributed by atoms with van der Waals surface area (Å²) in [6, 6.07) is 29.6. The van der Waals surface area contributed by atoms with Crippen molar-refractivity contribution in [2.24, 2.45) is 28.3 Å². The van der Waals surface area contributed by atoms with Gasteiger partial charge in [0.05, 0.1) is 11.0 Å². The molecule has 0 saturated carbocycles. The fraction of sp³-hybridized carbons (Fsp3) is 0.295. The summed E-state index contributed by atoms with van der Waals surface area (Å²) in [6.07, 6.45) is 18.7. The zero-order valence-corrected chi connectivity index (χ0v) is 28.5. The van der Waals surface area contributed by atoms with Gasteiger partial charge in [0.15, 0.2) is 6.21 Å². The summed E-state index contributed by atoms with van der Waals surface area (Å²) in [5.41, 5.74) is 27.3. The maximum Gasteiger partial charge on any atom is 0.368 e. The van der Waals surface area contributed by atoms with Crippen molar-refractivity contribution >= 4 is 29.4 Å². The first-order valence-corrected chi connectivity index (χ1v) is 17.6. The SMILES string of the molecule is CC=NC(N)C1=CC=C(c2ccc3c(c2)C2=C(CCC(C4CC=C(C(N)=[N+]=CC)CC4C)=C2)C3(c2ccccc2)c2ccccc2)CC1. The van der Waals surface area contributed by atoms with Gasteiger partial charge >= 0.3 is 5.84 Å². The first-order chi connectivity index (χ1) is 23.4. The van der Waals surface area contributed by atoms with Crippen molar-refractivity contribution in [3.63, 3.8) is 0 Å². The smallest absolute Gasteiger partial charge is 0.306 e. The van der Waals surface area contributed by atoms with Crippen LogP contribution in [0.5, 0.6) is 0 Å². The molecule has 4 nitrogen and oxygen atoms in total. The van der Waals surface area contributed by atoms with Gasteiger partial charge in [-0.05, 0) is 120 Å². The monoisotopic (exact) mass is 631 g/mol. The molecule has 3 atom stereocenters. The molecule has 3 aromatic carbocycles. The molecule has 0 bridgehead atoms. The van der Waals surface area contributed by atoms with Crippen LogP contribution >= 0.6 is 0 Å². The number of benzene rings is 3. The number of nitrogens with two attached hydrogens (primary N) is 2. The highest BCUT2D eigenvalue weighted by atomic mass is 14.9. The molecule has 0 heterocycles. The van der Waals surface area contributed by atoms with Crippen LogP contribution in [0.2, 0.25) is 0 Å². The Balaban J connectivity index is 1.39. The Morgan fingerprint density at radius 1 is 0.917 bits per heavy atom. The van der Waals surface area contributed by atoms with Crippen LogP contribution in [-0.4, -0.2) is 24.4 Å². The molecule has 3 unspecified atom stereocenters. The average Bonchev–Trinajstić information content (AvgIpc) is 3.42. The molecule has 0 spiro atoms. The summed E-state index contributed by atoms with van der Waals surface area (Å²) >= 11 is 0. The van der Waals surface area contributed by atoms with Crippen molar-refractivity contribution in [3.8, 4) is 0 Å². The van der Waals surface area contributed by atoms with Crippen LogP contribution in [-0.2, 0) is 5.41 Å². The van der Waals surface area contributed by atoms with Crippen molar-refractivity contribution in [1.29, 1.82) is 0 Å². The third-order valence-electron chi connectivity index (χ3n) is 11.1. The van der Waals surface area contributed by atoms with Crippen LogP contribution in [0.4, 0.5) is 0 Å². The van der Waals surface area contributed by atoms with Crippen LogP contribution in [0.25, 0.3) is 11.1 Å². The van der Waals surface area contributed by atoms with E-state index < -0.39 is 0 Å². The van der Waals surface area contributed by atoms with E-state index in [4.69, 9.17) is 11.5 Å². The van der Waals surface area contributed by atoms with Gasteiger partial charge in [0.2, 0.25) is 0 Å². The zero-order chi connectivity index (χ0) is 33.3. The number of aliphatic imine (C=N–C) groups is 1. The van der Waals surface area contributed by atoms with Crippen LogP contribution in [0.15, 0.2) is 130 Å². The Hall–Kier alpha value is -4.76. The number of amidine groups is 1. The van der Waals surface area contributed by atoms with Crippen molar-refractivity contribution in [1.82, 2.24) is 4.67 Å². The van der Waals surface area contributed by atoms with E-state index in [0.717, 1.165) is 38.5 Å². The largest absolute Gasteiger partial charge is 0.368 e. The van der Waals surface area contributed by atoms with Gasteiger partial charge in [-0.3, -0.25) is 10.7 Å². The second kappa shape index (κ2) is 13.4. The molecular weight excluding hydrogens is 585 g/mol. The van der Waals surface area contributed by atoms with E-state index in [1.807, 2.05) is 13.8 Å². The molecule has 4 N–H and O–H groups in total. The molecule has 4 heteroatoms. The Kier molecular flexibility index (Phi) is 8.88. The fourth-order valence-electron chi connectivity index (χ4n) is 8.75. The first-order valence-electron chi connectivity index (χ1n) is 17.6. The van der Waals surface area contributed by atoms with Crippen LogP contribution < -0.4 is 16.1 Å². The summed E-state index contributed by atoms with van der Waals surface area (Å²) < 4.78 is 4.39. The van der Waals surface area contributed by atoms with Gasteiger partial charge in [-0.2, -0.15) is 0 Å². The van der Waals surface area contributed by atoms with Gasteiger partial charge in [-0.15, -0.1) is 0 Å². The van der Waals surface area contributed by atoms with Crippen LogP contribution in [0, 0.1) is 11.8 Å². The number of hydrogen-bond acceptors (Lipinski definition) is 2. The van der Waals surface area contributed by atoms with Crippen molar-refractivity contribution in [2.45, 2.75) is 70.9 Å². The molecule has 0 saturated heterocycles. The predicted molar refractivity (Wildman–Crippen MR) is 204 cm³/mol. The normalized spacial score (nSPS) is 22.1. The van der Waals surface area contributed by atoms with Gasteiger partial charge in [-0.25, -0.2) is 4.67 Å². The van der Waals surface area contributed by atoms with Crippen molar-refractivity contribution < 1.29 is 0 Å². The van der Waals surface area contributed by atoms with Crippen LogP contribution in [0.1, 0.15) is 87.1 Å². The molecule has 4 aliphatic carbocycles. The summed E-state index contributed by atoms with van der Waals surface area (Å²) in [7, 11) is 0. The van der Waals surface area contributed by atoms with Crippen LogP contribution in [0.3, 0.4) is 0 Å². The minimum atomic E-state index is -0.334. The summed E-state index contributed by atoms with van der Waals surface area (Å²) in [6.45, 7) is 6.24. The van der Waals surface area contributed by atoms with E-state index in [1.54, 1.807) is 18.0 Å². The molecule has 0 aliphatic heterocycles. The molecule has 7 rings (SSSR count). The second-order valence-corrected chi connectivity index (χ2v) is 13.7. The summed E-state index contributed by atoms with van der Waals surface area (Å²) in [5.74, 6) is 1.66. The molecule has 0 amide bonds. The molecule has 4 aliphatic rings. The van der Waals surface area contributed by atoms with Crippen molar-refractivity contribution in [3.05, 3.63) is 153 Å². The van der Waals surface area contributed by atoms with Gasteiger partial charge in [0.25, 0.3) is 0 Å². The van der Waals surface area contributed by atoms with E-state index in [1.165, 1.54) is 55.7 Å². The molecule has 242 valence electrons. The zero-order valence-electron chi connectivity index (χ0n) is 28.5. The second-order valence-electron chi connectivity index (χ2n) is 13.7. The Morgan fingerprint density at radius 2 is 1.65 bits per heavy atom. The van der Waals surface area contributed by atoms with Crippen molar-refractivity contribution in [2.75, 3.05) is 0 Å². The van der Waals surface area contributed by atoms with E-state index >= 15 is 0 Å². The van der Waals surface area contributed by atoms with Gasteiger partial charge in [-0.1, -0.05) is 110 Å². The van der Waals surface area contributed by atoms with E-state index in [0.29, 0.717) is 17.7 Å². The first kappa shape index (κ1) is 31.8. The topological polar surface area (TPSA) is 78.5 Å². The minimum Gasteiger partial charge on any atom is -0.306 e. The quantitative estimate of drug-likeness (QED) is 0.156. The minimum absolute atomic E-state index is 0.259. The molecular formula is C44H47N4+. The van der Waals surface area contributed by atoms with Gasteiger partial charge in [0.1, 0.15) is 6.17 Å². The number of hydrogen-bond donors (Lipinski definition) is 2. The Bertz CT molecular complexity index is 1920. The third kappa shape index (κ3) is 5.49. The number of allylic oxidation sites excluding steroid dienone is 8. The van der Waals surface area contributed by atoms with E-state index in [9.17, 15) is 0 Å². The lowest BCUT2D eigenvalue weighted by atomic mass is 9.64.